The van der Waals surface area contributed by atoms with Crippen molar-refractivity contribution in [3.63, 3.8) is 0 Å². The molecule has 1 aliphatic rings. The molecule has 0 bridgehead atoms. The summed E-state index contributed by atoms with van der Waals surface area (Å²) < 4.78 is 1.68. The van der Waals surface area contributed by atoms with E-state index in [4.69, 9.17) is 5.11 Å². The van der Waals surface area contributed by atoms with Gasteiger partial charge >= 0.3 is 5.97 Å². The lowest BCUT2D eigenvalue weighted by molar-refractivity contribution is 0.0693. The Morgan fingerprint density at radius 3 is 2.30 bits per heavy atom. The van der Waals surface area contributed by atoms with Gasteiger partial charge in [0.05, 0.1) is 6.20 Å². The minimum absolute atomic E-state index is 0.111. The molecule has 0 amide bonds. The zero-order valence-electron chi connectivity index (χ0n) is 12.7. The van der Waals surface area contributed by atoms with Gasteiger partial charge in [0.15, 0.2) is 5.75 Å². The Hall–Kier alpha value is -2.56. The van der Waals surface area contributed by atoms with Crippen molar-refractivity contribution in [3.05, 3.63) is 64.1 Å². The molecule has 1 aromatic carbocycles. The van der Waals surface area contributed by atoms with Crippen LogP contribution in [0, 0.1) is 0 Å². The fourth-order valence-corrected chi connectivity index (χ4v) is 3.38. The van der Waals surface area contributed by atoms with Crippen LogP contribution in [0.15, 0.2) is 47.5 Å². The number of hydrogen-bond acceptors (Lipinski definition) is 3. The Kier molecular flexibility index (Phi) is 4.19. The van der Waals surface area contributed by atoms with E-state index < -0.39 is 17.1 Å². The van der Waals surface area contributed by atoms with Gasteiger partial charge in [0.25, 0.3) is 0 Å². The Bertz CT molecular complexity index is 758. The predicted molar refractivity (Wildman–Crippen MR) is 86.0 cm³/mol. The number of nitrogens with zero attached hydrogens (tertiary/aromatic N) is 1. The topological polar surface area (TPSA) is 79.5 Å². The van der Waals surface area contributed by atoms with E-state index in [9.17, 15) is 14.7 Å². The molecule has 0 unspecified atom stereocenters. The van der Waals surface area contributed by atoms with Crippen LogP contribution >= 0.6 is 0 Å². The van der Waals surface area contributed by atoms with Crippen LogP contribution in [0.5, 0.6) is 5.75 Å². The van der Waals surface area contributed by atoms with Crippen molar-refractivity contribution in [3.8, 4) is 5.75 Å². The summed E-state index contributed by atoms with van der Waals surface area (Å²) >= 11 is 0. The van der Waals surface area contributed by atoms with Gasteiger partial charge in [0.1, 0.15) is 5.56 Å². The van der Waals surface area contributed by atoms with Crippen LogP contribution < -0.4 is 5.43 Å². The van der Waals surface area contributed by atoms with Gasteiger partial charge in [-0.25, -0.2) is 4.79 Å². The molecule has 1 fully saturated rings. The number of pyridine rings is 1. The number of carbonyl (C=O) groups is 1. The highest BCUT2D eigenvalue weighted by molar-refractivity contribution is 5.87. The van der Waals surface area contributed by atoms with Crippen molar-refractivity contribution in [1.82, 2.24) is 4.57 Å². The fraction of sp³-hybridized carbons (Fsp3) is 0.333. The maximum atomic E-state index is 11.6. The van der Waals surface area contributed by atoms with E-state index in [1.165, 1.54) is 18.0 Å². The summed E-state index contributed by atoms with van der Waals surface area (Å²) in [5.74, 6) is -1.30. The molecule has 3 rings (SSSR count). The quantitative estimate of drug-likeness (QED) is 0.912. The average Bonchev–Trinajstić information content (AvgIpc) is 2.58. The highest BCUT2D eigenvalue weighted by Gasteiger charge is 2.24. The summed E-state index contributed by atoms with van der Waals surface area (Å²) in [5.41, 5.74) is 0.127. The van der Waals surface area contributed by atoms with Gasteiger partial charge in [-0.3, -0.25) is 4.79 Å². The molecule has 2 N–H and O–H groups in total. The van der Waals surface area contributed by atoms with E-state index in [0.717, 1.165) is 25.7 Å². The molecule has 0 atom stereocenters. The lowest BCUT2D eigenvalue weighted by atomic mass is 9.81. The number of aromatic hydroxyl groups is 1. The maximum Gasteiger partial charge on any atom is 0.341 e. The van der Waals surface area contributed by atoms with Crippen LogP contribution in [0.4, 0.5) is 0 Å². The first kappa shape index (κ1) is 15.3. The van der Waals surface area contributed by atoms with Crippen LogP contribution in [0.1, 0.15) is 53.6 Å². The lowest BCUT2D eigenvalue weighted by Crippen LogP contribution is -2.22. The molecule has 1 aromatic heterocycles. The molecule has 0 spiro atoms. The number of aromatic carboxylic acids is 1. The van der Waals surface area contributed by atoms with Crippen molar-refractivity contribution in [2.24, 2.45) is 0 Å². The third-order valence-corrected chi connectivity index (χ3v) is 4.65. The van der Waals surface area contributed by atoms with E-state index in [0.29, 0.717) is 5.92 Å². The molecular weight excluding hydrogens is 294 g/mol. The van der Waals surface area contributed by atoms with Gasteiger partial charge < -0.3 is 14.8 Å². The van der Waals surface area contributed by atoms with Gasteiger partial charge in [0, 0.05) is 12.2 Å². The molecule has 1 aliphatic carbocycles. The Morgan fingerprint density at radius 1 is 1.04 bits per heavy atom. The number of carboxylic acids is 1. The average molecular weight is 313 g/mol. The molecule has 2 aromatic rings. The molecule has 23 heavy (non-hydrogen) atoms. The standard InChI is InChI=1S/C18H19NO4/c20-16-11-19(10-15(17(16)21)18(22)23)14-8-6-13(7-9-14)12-4-2-1-3-5-12/h1-5,10-11,13-14,20H,6-9H2,(H,22,23). The molecule has 0 saturated heterocycles. The minimum Gasteiger partial charge on any atom is -0.503 e. The lowest BCUT2D eigenvalue weighted by Gasteiger charge is -2.30. The maximum absolute atomic E-state index is 11.6. The second-order valence-electron chi connectivity index (χ2n) is 6.05. The predicted octanol–water partition coefficient (Wildman–Crippen LogP) is 3.15. The zero-order chi connectivity index (χ0) is 16.4. The molecule has 0 aliphatic heterocycles. The monoisotopic (exact) mass is 313 g/mol. The highest BCUT2D eigenvalue weighted by Crippen LogP contribution is 2.38. The minimum atomic E-state index is -1.31. The van der Waals surface area contributed by atoms with Gasteiger partial charge in [-0.2, -0.15) is 0 Å². The van der Waals surface area contributed by atoms with Crippen molar-refractivity contribution in [2.75, 3.05) is 0 Å². The van der Waals surface area contributed by atoms with Crippen LogP contribution in [-0.2, 0) is 0 Å². The number of aromatic nitrogens is 1. The highest BCUT2D eigenvalue weighted by atomic mass is 16.4. The molecular formula is C18H19NO4. The normalized spacial score (nSPS) is 21.0. The molecule has 1 saturated carbocycles. The second kappa shape index (κ2) is 6.28. The smallest absolute Gasteiger partial charge is 0.341 e. The summed E-state index contributed by atoms with van der Waals surface area (Å²) in [5, 5.41) is 18.8. The van der Waals surface area contributed by atoms with Crippen molar-refractivity contribution in [1.29, 1.82) is 0 Å². The second-order valence-corrected chi connectivity index (χ2v) is 6.05. The zero-order valence-corrected chi connectivity index (χ0v) is 12.7. The van der Waals surface area contributed by atoms with Gasteiger partial charge in [0.2, 0.25) is 5.43 Å². The van der Waals surface area contributed by atoms with Gasteiger partial charge in [-0.15, -0.1) is 0 Å². The third kappa shape index (κ3) is 3.13. The number of benzene rings is 1. The van der Waals surface area contributed by atoms with Crippen molar-refractivity contribution in [2.45, 2.75) is 37.6 Å². The molecule has 0 radical (unpaired) electrons. The SMILES string of the molecule is O=C(O)c1cn(C2CCC(c3ccccc3)CC2)cc(O)c1=O. The first-order valence-corrected chi connectivity index (χ1v) is 7.79. The van der Waals surface area contributed by atoms with Crippen LogP contribution in [0.25, 0.3) is 0 Å². The van der Waals surface area contributed by atoms with E-state index in [1.54, 1.807) is 4.57 Å². The fourth-order valence-electron chi connectivity index (χ4n) is 3.38. The summed E-state index contributed by atoms with van der Waals surface area (Å²) in [6.07, 6.45) is 6.48. The number of rotatable bonds is 3. The number of carboxylic acid groups (broad SMARTS) is 1. The molecule has 5 heteroatoms. The van der Waals surface area contributed by atoms with Crippen LogP contribution in [0.3, 0.4) is 0 Å². The van der Waals surface area contributed by atoms with Gasteiger partial charge in [-0.05, 0) is 37.2 Å². The summed E-state index contributed by atoms with van der Waals surface area (Å²) in [7, 11) is 0. The largest absolute Gasteiger partial charge is 0.503 e. The summed E-state index contributed by atoms with van der Waals surface area (Å²) in [4.78, 5) is 22.8. The van der Waals surface area contributed by atoms with Crippen LogP contribution in [0.2, 0.25) is 0 Å². The van der Waals surface area contributed by atoms with Crippen molar-refractivity contribution >= 4 is 5.97 Å². The van der Waals surface area contributed by atoms with E-state index in [1.807, 2.05) is 18.2 Å². The number of hydrogen-bond donors (Lipinski definition) is 2. The Labute approximate surface area is 133 Å². The van der Waals surface area contributed by atoms with E-state index >= 15 is 0 Å². The Morgan fingerprint density at radius 2 is 1.70 bits per heavy atom. The summed E-state index contributed by atoms with van der Waals surface area (Å²) in [6.45, 7) is 0. The molecule has 5 nitrogen and oxygen atoms in total. The first-order chi connectivity index (χ1) is 11.1. The van der Waals surface area contributed by atoms with Crippen LogP contribution in [-0.4, -0.2) is 20.7 Å². The van der Waals surface area contributed by atoms with Crippen molar-refractivity contribution < 1.29 is 15.0 Å². The first-order valence-electron chi connectivity index (χ1n) is 7.79. The van der Waals surface area contributed by atoms with E-state index in [-0.39, 0.29) is 11.6 Å². The Balaban J connectivity index is 1.78. The van der Waals surface area contributed by atoms with Gasteiger partial charge in [-0.1, -0.05) is 30.3 Å². The van der Waals surface area contributed by atoms with E-state index in [2.05, 4.69) is 12.1 Å². The summed E-state index contributed by atoms with van der Waals surface area (Å²) in [6, 6.07) is 10.5. The third-order valence-electron chi connectivity index (χ3n) is 4.65. The molecule has 1 heterocycles. The molecule has 120 valence electrons.